The van der Waals surface area contributed by atoms with Crippen molar-refractivity contribution in [3.05, 3.63) is 23.7 Å². The summed E-state index contributed by atoms with van der Waals surface area (Å²) in [5.41, 5.74) is 1.15. The van der Waals surface area contributed by atoms with Gasteiger partial charge >= 0.3 is 6.16 Å². The number of aromatic nitrogens is 5. The highest BCUT2D eigenvalue weighted by atomic mass is 16.7. The average molecular weight is 305 g/mol. The van der Waals surface area contributed by atoms with Crippen molar-refractivity contribution < 1.29 is 24.9 Å². The average Bonchev–Trinajstić information content (AvgIpc) is 2.94. The van der Waals surface area contributed by atoms with Crippen LogP contribution < -0.4 is 4.74 Å². The van der Waals surface area contributed by atoms with Crippen molar-refractivity contribution in [1.29, 1.82) is 0 Å². The lowest BCUT2D eigenvalue weighted by atomic mass is 10.4. The zero-order valence-corrected chi connectivity index (χ0v) is 11.5. The van der Waals surface area contributed by atoms with Crippen LogP contribution in [0.2, 0.25) is 0 Å². The van der Waals surface area contributed by atoms with Crippen LogP contribution in [-0.4, -0.2) is 45.9 Å². The second-order valence-electron chi connectivity index (χ2n) is 4.56. The predicted molar refractivity (Wildman–Crippen MR) is 71.6 cm³/mol. The lowest BCUT2D eigenvalue weighted by Gasteiger charge is -2.09. The summed E-state index contributed by atoms with van der Waals surface area (Å²) in [5.74, 6) is -1.20. The summed E-state index contributed by atoms with van der Waals surface area (Å²) in [6.45, 7) is 3.50. The molecule has 0 saturated carbocycles. The summed E-state index contributed by atoms with van der Waals surface area (Å²) in [5, 5.41) is 37.0. The highest BCUT2D eigenvalue weighted by molar-refractivity contribution is 5.68. The fourth-order valence-electron chi connectivity index (χ4n) is 2.15. The lowest BCUT2D eigenvalue weighted by molar-refractivity contribution is 0.145. The van der Waals surface area contributed by atoms with E-state index in [4.69, 9.17) is 5.11 Å². The number of carboxylic acid groups (broad SMARTS) is 1. The summed E-state index contributed by atoms with van der Waals surface area (Å²) in [6, 6.07) is 1.76. The number of aryl methyl sites for hydroxylation is 2. The van der Waals surface area contributed by atoms with Crippen molar-refractivity contribution in [2.75, 3.05) is 0 Å². The molecule has 0 spiro atoms. The third-order valence-electron chi connectivity index (χ3n) is 2.97. The van der Waals surface area contributed by atoms with Crippen molar-refractivity contribution in [3.8, 4) is 23.2 Å². The van der Waals surface area contributed by atoms with Crippen molar-refractivity contribution >= 4 is 11.8 Å². The molecule has 10 nitrogen and oxygen atoms in total. The molecule has 0 fully saturated rings. The van der Waals surface area contributed by atoms with E-state index in [1.54, 1.807) is 19.9 Å². The quantitative estimate of drug-likeness (QED) is 0.597. The summed E-state index contributed by atoms with van der Waals surface area (Å²) in [7, 11) is 0. The van der Waals surface area contributed by atoms with Gasteiger partial charge in [0.1, 0.15) is 0 Å². The molecule has 0 unspecified atom stereocenters. The van der Waals surface area contributed by atoms with Crippen LogP contribution in [0.4, 0.5) is 4.79 Å². The van der Waals surface area contributed by atoms with Crippen LogP contribution in [-0.2, 0) is 0 Å². The molecule has 22 heavy (non-hydrogen) atoms. The van der Waals surface area contributed by atoms with Crippen molar-refractivity contribution in [1.82, 2.24) is 24.4 Å². The minimum atomic E-state index is -1.56. The van der Waals surface area contributed by atoms with Gasteiger partial charge in [-0.05, 0) is 19.9 Å². The molecule has 114 valence electrons. The molecule has 0 saturated heterocycles. The molecule has 3 rings (SSSR count). The smallest absolute Gasteiger partial charge is 0.492 e. The van der Waals surface area contributed by atoms with Crippen LogP contribution >= 0.6 is 0 Å². The number of hydrogen-bond acceptors (Lipinski definition) is 7. The van der Waals surface area contributed by atoms with Gasteiger partial charge in [0.15, 0.2) is 11.4 Å². The van der Waals surface area contributed by atoms with Gasteiger partial charge in [-0.2, -0.15) is 19.7 Å². The molecular formula is C12H11N5O5. The third kappa shape index (κ3) is 1.97. The molecule has 0 radical (unpaired) electrons. The Labute approximate surface area is 122 Å². The fourth-order valence-corrected chi connectivity index (χ4v) is 2.15. The molecule has 0 aliphatic rings. The Hall–Kier alpha value is -3.30. The Bertz CT molecular complexity index is 897. The van der Waals surface area contributed by atoms with Gasteiger partial charge in [0.2, 0.25) is 17.4 Å². The Kier molecular flexibility index (Phi) is 2.87. The van der Waals surface area contributed by atoms with E-state index in [0.29, 0.717) is 11.4 Å². The first-order valence-electron chi connectivity index (χ1n) is 6.12. The Morgan fingerprint density at radius 2 is 2.05 bits per heavy atom. The Balaban J connectivity index is 2.26. The van der Waals surface area contributed by atoms with Gasteiger partial charge in [-0.1, -0.05) is 0 Å². The van der Waals surface area contributed by atoms with Crippen molar-refractivity contribution in [2.45, 2.75) is 13.8 Å². The third-order valence-corrected chi connectivity index (χ3v) is 2.97. The van der Waals surface area contributed by atoms with Crippen LogP contribution in [0.3, 0.4) is 0 Å². The minimum Gasteiger partial charge on any atom is -0.492 e. The largest absolute Gasteiger partial charge is 0.511 e. The van der Waals surface area contributed by atoms with Crippen LogP contribution in [0.5, 0.6) is 17.5 Å². The number of fused-ring (bicyclic) bond motifs is 1. The monoisotopic (exact) mass is 305 g/mol. The molecule has 0 atom stereocenters. The molecule has 3 aromatic rings. The highest BCUT2D eigenvalue weighted by Crippen LogP contribution is 2.33. The first-order valence-corrected chi connectivity index (χ1v) is 6.12. The number of aromatic hydroxyl groups is 2. The van der Waals surface area contributed by atoms with Gasteiger partial charge in [0, 0.05) is 5.69 Å². The fraction of sp³-hybridized carbons (Fsp3) is 0.167. The maximum atomic E-state index is 10.6. The number of carbonyl (C=O) groups is 1. The van der Waals surface area contributed by atoms with Gasteiger partial charge in [-0.25, -0.2) is 9.48 Å². The van der Waals surface area contributed by atoms with Crippen LogP contribution in [0.25, 0.3) is 11.3 Å². The Morgan fingerprint density at radius 3 is 2.64 bits per heavy atom. The number of nitrogens with zero attached hydrogens (tertiary/aromatic N) is 5. The van der Waals surface area contributed by atoms with E-state index in [2.05, 4.69) is 19.9 Å². The second kappa shape index (κ2) is 4.62. The maximum Gasteiger partial charge on any atom is 0.511 e. The van der Waals surface area contributed by atoms with E-state index in [1.165, 1.54) is 4.68 Å². The van der Waals surface area contributed by atoms with E-state index in [-0.39, 0.29) is 17.1 Å². The van der Waals surface area contributed by atoms with E-state index in [0.717, 1.165) is 10.7 Å². The van der Waals surface area contributed by atoms with Crippen LogP contribution in [0.1, 0.15) is 11.4 Å². The number of hydrogen-bond donors (Lipinski definition) is 3. The summed E-state index contributed by atoms with van der Waals surface area (Å²) < 4.78 is 6.74. The predicted octanol–water partition coefficient (Wildman–Crippen LogP) is 1.000. The topological polar surface area (TPSA) is 135 Å². The first-order chi connectivity index (χ1) is 10.4. The molecule has 0 aliphatic carbocycles. The van der Waals surface area contributed by atoms with Gasteiger partial charge in [-0.3, -0.25) is 0 Å². The summed E-state index contributed by atoms with van der Waals surface area (Å²) in [4.78, 5) is 14.4. The highest BCUT2D eigenvalue weighted by Gasteiger charge is 2.22. The van der Waals surface area contributed by atoms with E-state index in [9.17, 15) is 15.0 Å². The summed E-state index contributed by atoms with van der Waals surface area (Å²) in [6.07, 6.45) is -0.487. The maximum absolute atomic E-state index is 10.6. The van der Waals surface area contributed by atoms with Gasteiger partial charge in [-0.15, -0.1) is 0 Å². The zero-order valence-electron chi connectivity index (χ0n) is 11.5. The van der Waals surface area contributed by atoms with Crippen LogP contribution in [0, 0.1) is 13.8 Å². The molecular weight excluding hydrogens is 294 g/mol. The van der Waals surface area contributed by atoms with Gasteiger partial charge in [0.05, 0.1) is 11.9 Å². The molecule has 3 heterocycles. The SMILES string of the molecule is Cc1cc(C)n(-c2c(O)nc3c(OC(=O)O)cnn3c2O)n1. The van der Waals surface area contributed by atoms with E-state index in [1.807, 2.05) is 0 Å². The minimum absolute atomic E-state index is 0.0666. The summed E-state index contributed by atoms with van der Waals surface area (Å²) >= 11 is 0. The van der Waals surface area contributed by atoms with Crippen molar-refractivity contribution in [2.24, 2.45) is 0 Å². The second-order valence-corrected chi connectivity index (χ2v) is 4.56. The molecule has 0 amide bonds. The van der Waals surface area contributed by atoms with Crippen molar-refractivity contribution in [3.63, 3.8) is 0 Å². The molecule has 0 aromatic carbocycles. The van der Waals surface area contributed by atoms with Crippen LogP contribution in [0.15, 0.2) is 12.3 Å². The molecule has 3 N–H and O–H groups in total. The number of ether oxygens (including phenoxy) is 1. The molecule has 10 heteroatoms. The lowest BCUT2D eigenvalue weighted by Crippen LogP contribution is -2.06. The molecule has 0 aliphatic heterocycles. The zero-order chi connectivity index (χ0) is 16.0. The normalized spacial score (nSPS) is 11.0. The standard InChI is InChI=1S/C12H11N5O5/c1-5-3-6(2)16(15-5)8-10(18)14-9-7(22-12(20)21)4-13-17(9)11(8)19/h3-4,19H,1-2H3,(H,14,18)(H,20,21). The van der Waals surface area contributed by atoms with Gasteiger partial charge in [0.25, 0.3) is 0 Å². The van der Waals surface area contributed by atoms with E-state index >= 15 is 0 Å². The first kappa shape index (κ1) is 13.7. The van der Waals surface area contributed by atoms with E-state index < -0.39 is 17.9 Å². The van der Waals surface area contributed by atoms with Gasteiger partial charge < -0.3 is 20.1 Å². The molecule has 3 aromatic heterocycles. The Morgan fingerprint density at radius 1 is 1.32 bits per heavy atom. The number of rotatable bonds is 2. The molecule has 0 bridgehead atoms.